The quantitative estimate of drug-likeness (QED) is 0.747. The molecule has 0 saturated carbocycles. The lowest BCUT2D eigenvalue weighted by molar-refractivity contribution is 0.0987. The van der Waals surface area contributed by atoms with Gasteiger partial charge >= 0.3 is 0 Å². The Bertz CT molecular complexity index is 305. The molecular weight excluding hydrogens is 258 g/mol. The van der Waals surface area contributed by atoms with E-state index in [2.05, 4.69) is 27.8 Å². The molecule has 0 saturated heterocycles. The van der Waals surface area contributed by atoms with E-state index in [9.17, 15) is 0 Å². The third-order valence-corrected chi connectivity index (χ3v) is 2.25. The molecule has 4 heteroatoms. The Labute approximate surface area is 98.9 Å². The van der Waals surface area contributed by atoms with E-state index in [0.29, 0.717) is 19.1 Å². The number of hydrogen-bond donors (Lipinski definition) is 0. The number of halogens is 1. The number of nitrogens with zero attached hydrogens (tertiary/aromatic N) is 1. The summed E-state index contributed by atoms with van der Waals surface area (Å²) in [5.41, 5.74) is 1.03. The molecule has 0 spiro atoms. The van der Waals surface area contributed by atoms with E-state index >= 15 is 0 Å². The van der Waals surface area contributed by atoms with Gasteiger partial charge in [-0.1, -0.05) is 6.92 Å². The fraction of sp³-hybridized carbons (Fsp3) is 0.545. The van der Waals surface area contributed by atoms with Crippen LogP contribution < -0.4 is 4.74 Å². The molecule has 15 heavy (non-hydrogen) atoms. The van der Waals surface area contributed by atoms with Crippen molar-refractivity contribution in [1.29, 1.82) is 0 Å². The molecule has 0 aromatic carbocycles. The zero-order valence-electron chi connectivity index (χ0n) is 9.12. The summed E-state index contributed by atoms with van der Waals surface area (Å²) in [6, 6.07) is 1.98. The topological polar surface area (TPSA) is 31.4 Å². The number of ether oxygens (including phenoxy) is 2. The van der Waals surface area contributed by atoms with Crippen LogP contribution in [0.15, 0.2) is 16.7 Å². The number of rotatable bonds is 6. The Balaban J connectivity index is 2.31. The Morgan fingerprint density at radius 1 is 1.33 bits per heavy atom. The van der Waals surface area contributed by atoms with E-state index in [1.54, 1.807) is 6.20 Å². The average Bonchev–Trinajstić information content (AvgIpc) is 2.20. The first kappa shape index (κ1) is 12.5. The number of pyridine rings is 1. The minimum absolute atomic E-state index is 0.551. The van der Waals surface area contributed by atoms with Gasteiger partial charge in [-0.2, -0.15) is 0 Å². The van der Waals surface area contributed by atoms with Crippen LogP contribution in [0.5, 0.6) is 5.88 Å². The highest BCUT2D eigenvalue weighted by atomic mass is 79.9. The lowest BCUT2D eigenvalue weighted by Gasteiger charge is -2.08. The Hall–Kier alpha value is -0.610. The first-order valence-corrected chi connectivity index (χ1v) is 5.86. The van der Waals surface area contributed by atoms with Crippen LogP contribution in [0.3, 0.4) is 0 Å². The van der Waals surface area contributed by atoms with E-state index in [1.807, 2.05) is 13.0 Å². The summed E-state index contributed by atoms with van der Waals surface area (Å²) in [5.74, 6) is 0.679. The minimum Gasteiger partial charge on any atom is -0.475 e. The molecule has 0 bridgehead atoms. The fourth-order valence-electron chi connectivity index (χ4n) is 1.12. The van der Waals surface area contributed by atoms with Crippen molar-refractivity contribution >= 4 is 15.9 Å². The zero-order chi connectivity index (χ0) is 11.1. The smallest absolute Gasteiger partial charge is 0.216 e. The molecule has 0 unspecified atom stereocenters. The van der Waals surface area contributed by atoms with Crippen LogP contribution >= 0.6 is 15.9 Å². The Kier molecular flexibility index (Phi) is 5.65. The molecule has 0 aliphatic rings. The van der Waals surface area contributed by atoms with Gasteiger partial charge in [0.05, 0.1) is 6.61 Å². The molecule has 3 nitrogen and oxygen atoms in total. The summed E-state index contributed by atoms with van der Waals surface area (Å²) >= 11 is 3.36. The Morgan fingerprint density at radius 3 is 2.80 bits per heavy atom. The molecule has 1 heterocycles. The molecule has 0 atom stereocenters. The van der Waals surface area contributed by atoms with E-state index in [-0.39, 0.29) is 0 Å². The second-order valence-corrected chi connectivity index (χ2v) is 4.15. The van der Waals surface area contributed by atoms with E-state index in [0.717, 1.165) is 23.1 Å². The van der Waals surface area contributed by atoms with Crippen LogP contribution in [0.25, 0.3) is 0 Å². The predicted octanol–water partition coefficient (Wildman–Crippen LogP) is 2.96. The zero-order valence-corrected chi connectivity index (χ0v) is 10.7. The van der Waals surface area contributed by atoms with Crippen LogP contribution in [0.4, 0.5) is 0 Å². The lowest BCUT2D eigenvalue weighted by Crippen LogP contribution is -2.08. The van der Waals surface area contributed by atoms with E-state index in [1.165, 1.54) is 0 Å². The molecule has 0 N–H and O–H groups in total. The molecule has 1 aromatic heterocycles. The van der Waals surface area contributed by atoms with Crippen molar-refractivity contribution < 1.29 is 9.47 Å². The highest BCUT2D eigenvalue weighted by molar-refractivity contribution is 9.10. The fourth-order valence-corrected chi connectivity index (χ4v) is 1.57. The predicted molar refractivity (Wildman–Crippen MR) is 63.3 cm³/mol. The average molecular weight is 274 g/mol. The highest BCUT2D eigenvalue weighted by Gasteiger charge is 2.01. The van der Waals surface area contributed by atoms with Gasteiger partial charge in [-0.3, -0.25) is 0 Å². The molecular formula is C11H16BrNO2. The largest absolute Gasteiger partial charge is 0.475 e. The molecule has 84 valence electrons. The maximum Gasteiger partial charge on any atom is 0.216 e. The van der Waals surface area contributed by atoms with Gasteiger partial charge in [-0.15, -0.1) is 0 Å². The molecule has 0 radical (unpaired) electrons. The summed E-state index contributed by atoms with van der Waals surface area (Å²) in [7, 11) is 0. The summed E-state index contributed by atoms with van der Waals surface area (Å²) in [5, 5.41) is 0. The SMILES string of the molecule is CCCOCCOc1ncc(Br)cc1C. The number of aryl methyl sites for hydroxylation is 1. The Morgan fingerprint density at radius 2 is 2.13 bits per heavy atom. The van der Waals surface area contributed by atoms with Gasteiger partial charge in [0.25, 0.3) is 0 Å². The molecule has 0 amide bonds. The first-order valence-electron chi connectivity index (χ1n) is 5.06. The van der Waals surface area contributed by atoms with Gasteiger partial charge in [0.2, 0.25) is 5.88 Å². The maximum absolute atomic E-state index is 5.48. The van der Waals surface area contributed by atoms with Crippen LogP contribution in [0, 0.1) is 6.92 Å². The van der Waals surface area contributed by atoms with Crippen LogP contribution in [-0.4, -0.2) is 24.8 Å². The molecule has 0 aliphatic heterocycles. The van der Waals surface area contributed by atoms with Gasteiger partial charge in [-0.05, 0) is 35.3 Å². The van der Waals surface area contributed by atoms with Gasteiger partial charge < -0.3 is 9.47 Å². The first-order chi connectivity index (χ1) is 7.24. The maximum atomic E-state index is 5.48. The molecule has 1 rings (SSSR count). The standard InChI is InChI=1S/C11H16BrNO2/c1-3-4-14-5-6-15-11-9(2)7-10(12)8-13-11/h7-8H,3-6H2,1-2H3. The third kappa shape index (κ3) is 4.62. The van der Waals surface area contributed by atoms with Gasteiger partial charge in [0.1, 0.15) is 6.61 Å². The van der Waals surface area contributed by atoms with Crippen molar-refractivity contribution in [3.05, 3.63) is 22.3 Å². The number of hydrogen-bond acceptors (Lipinski definition) is 3. The van der Waals surface area contributed by atoms with Crippen molar-refractivity contribution in [3.63, 3.8) is 0 Å². The molecule has 1 aromatic rings. The third-order valence-electron chi connectivity index (χ3n) is 1.81. The highest BCUT2D eigenvalue weighted by Crippen LogP contribution is 2.18. The van der Waals surface area contributed by atoms with Crippen LogP contribution in [0.1, 0.15) is 18.9 Å². The summed E-state index contributed by atoms with van der Waals surface area (Å²) in [4.78, 5) is 4.17. The normalized spacial score (nSPS) is 10.3. The van der Waals surface area contributed by atoms with E-state index in [4.69, 9.17) is 9.47 Å². The molecule has 0 fully saturated rings. The monoisotopic (exact) mass is 273 g/mol. The second kappa shape index (κ2) is 6.80. The van der Waals surface area contributed by atoms with Gasteiger partial charge in [0.15, 0.2) is 0 Å². The second-order valence-electron chi connectivity index (χ2n) is 3.24. The van der Waals surface area contributed by atoms with E-state index < -0.39 is 0 Å². The van der Waals surface area contributed by atoms with Crippen LogP contribution in [-0.2, 0) is 4.74 Å². The van der Waals surface area contributed by atoms with Crippen molar-refractivity contribution in [1.82, 2.24) is 4.98 Å². The number of aromatic nitrogens is 1. The van der Waals surface area contributed by atoms with Gasteiger partial charge in [-0.25, -0.2) is 4.98 Å². The minimum atomic E-state index is 0.551. The van der Waals surface area contributed by atoms with Crippen molar-refractivity contribution in [2.45, 2.75) is 20.3 Å². The van der Waals surface area contributed by atoms with Crippen LogP contribution in [0.2, 0.25) is 0 Å². The van der Waals surface area contributed by atoms with Crippen molar-refractivity contribution in [2.24, 2.45) is 0 Å². The molecule has 0 aliphatic carbocycles. The lowest BCUT2D eigenvalue weighted by atomic mass is 10.3. The van der Waals surface area contributed by atoms with Crippen molar-refractivity contribution in [3.8, 4) is 5.88 Å². The summed E-state index contributed by atoms with van der Waals surface area (Å²) in [6.07, 6.45) is 2.77. The van der Waals surface area contributed by atoms with Gasteiger partial charge in [0, 0.05) is 22.8 Å². The summed E-state index contributed by atoms with van der Waals surface area (Å²) in [6.45, 7) is 6.01. The van der Waals surface area contributed by atoms with Crippen molar-refractivity contribution in [2.75, 3.05) is 19.8 Å². The summed E-state index contributed by atoms with van der Waals surface area (Å²) < 4.78 is 11.8.